The molecule has 2 atom stereocenters. The lowest BCUT2D eigenvalue weighted by Gasteiger charge is -2.18. The number of carbonyl (C=O) groups is 1. The van der Waals surface area contributed by atoms with E-state index in [9.17, 15) is 14.9 Å². The Morgan fingerprint density at radius 2 is 1.80 bits per heavy atom. The van der Waals surface area contributed by atoms with Crippen LogP contribution in [0.4, 0.5) is 11.4 Å². The second kappa shape index (κ2) is 7.47. The van der Waals surface area contributed by atoms with Gasteiger partial charge >= 0.3 is 0 Å². The Bertz CT molecular complexity index is 754. The molecular weight excluding hydrogens is 316 g/mol. The summed E-state index contributed by atoms with van der Waals surface area (Å²) in [5.41, 5.74) is 2.45. The average molecular weight is 338 g/mol. The summed E-state index contributed by atoms with van der Waals surface area (Å²) in [6.45, 7) is 2.25. The SMILES string of the molecule is CCC1CCCC1c1ccc(NC(=O)c2ccc([N+](=O)[O-])cc2)cc1. The van der Waals surface area contributed by atoms with Crippen LogP contribution in [0.1, 0.15) is 54.4 Å². The Balaban J connectivity index is 1.66. The van der Waals surface area contributed by atoms with Crippen molar-refractivity contribution in [2.75, 3.05) is 5.32 Å². The second-order valence-corrected chi connectivity index (χ2v) is 6.59. The zero-order chi connectivity index (χ0) is 17.8. The molecule has 0 bridgehead atoms. The van der Waals surface area contributed by atoms with E-state index in [1.165, 1.54) is 55.5 Å². The molecule has 0 saturated heterocycles. The van der Waals surface area contributed by atoms with E-state index in [1.807, 2.05) is 12.1 Å². The van der Waals surface area contributed by atoms with E-state index in [1.54, 1.807) is 0 Å². The molecule has 1 N–H and O–H groups in total. The van der Waals surface area contributed by atoms with Gasteiger partial charge in [0, 0.05) is 23.4 Å². The van der Waals surface area contributed by atoms with Crippen LogP contribution < -0.4 is 5.32 Å². The van der Waals surface area contributed by atoms with Gasteiger partial charge in [0.1, 0.15) is 0 Å². The van der Waals surface area contributed by atoms with Crippen molar-refractivity contribution in [3.8, 4) is 0 Å². The van der Waals surface area contributed by atoms with Gasteiger partial charge in [0.25, 0.3) is 11.6 Å². The molecule has 0 radical (unpaired) electrons. The van der Waals surface area contributed by atoms with E-state index in [0.29, 0.717) is 11.5 Å². The first-order valence-electron chi connectivity index (χ1n) is 8.74. The molecule has 2 aromatic rings. The minimum Gasteiger partial charge on any atom is -0.322 e. The van der Waals surface area contributed by atoms with Crippen LogP contribution in [0.25, 0.3) is 0 Å². The number of nitro benzene ring substituents is 1. The van der Waals surface area contributed by atoms with Crippen LogP contribution >= 0.6 is 0 Å². The number of non-ortho nitro benzene ring substituents is 1. The summed E-state index contributed by atoms with van der Waals surface area (Å²) in [5, 5.41) is 13.5. The number of benzene rings is 2. The van der Waals surface area contributed by atoms with Crippen molar-refractivity contribution in [1.82, 2.24) is 0 Å². The van der Waals surface area contributed by atoms with Gasteiger partial charge in [0.2, 0.25) is 0 Å². The summed E-state index contributed by atoms with van der Waals surface area (Å²) in [6.07, 6.45) is 5.05. The first kappa shape index (κ1) is 17.1. The van der Waals surface area contributed by atoms with E-state index < -0.39 is 4.92 Å². The van der Waals surface area contributed by atoms with Crippen LogP contribution in [-0.2, 0) is 0 Å². The Labute approximate surface area is 147 Å². The van der Waals surface area contributed by atoms with Crippen molar-refractivity contribution in [3.63, 3.8) is 0 Å². The molecule has 5 nitrogen and oxygen atoms in total. The van der Waals surface area contributed by atoms with Gasteiger partial charge in [0.05, 0.1) is 4.92 Å². The van der Waals surface area contributed by atoms with Crippen LogP contribution in [0.15, 0.2) is 48.5 Å². The zero-order valence-corrected chi connectivity index (χ0v) is 14.3. The molecule has 1 aliphatic rings. The summed E-state index contributed by atoms with van der Waals surface area (Å²) < 4.78 is 0. The van der Waals surface area contributed by atoms with Gasteiger partial charge in [-0.05, 0) is 54.5 Å². The Hall–Kier alpha value is -2.69. The van der Waals surface area contributed by atoms with Gasteiger partial charge < -0.3 is 5.32 Å². The van der Waals surface area contributed by atoms with Crippen molar-refractivity contribution < 1.29 is 9.72 Å². The number of rotatable bonds is 5. The van der Waals surface area contributed by atoms with Gasteiger partial charge in [-0.2, -0.15) is 0 Å². The average Bonchev–Trinajstić information content (AvgIpc) is 3.11. The molecule has 1 fully saturated rings. The lowest BCUT2D eigenvalue weighted by Crippen LogP contribution is -2.12. The van der Waals surface area contributed by atoms with Gasteiger partial charge in [-0.1, -0.05) is 31.9 Å². The van der Waals surface area contributed by atoms with Crippen molar-refractivity contribution >= 4 is 17.3 Å². The minimum atomic E-state index is -0.479. The predicted molar refractivity (Wildman–Crippen MR) is 97.9 cm³/mol. The molecule has 1 amide bonds. The first-order valence-corrected chi connectivity index (χ1v) is 8.74. The number of carbonyl (C=O) groups excluding carboxylic acids is 1. The smallest absolute Gasteiger partial charge is 0.269 e. The molecule has 130 valence electrons. The minimum absolute atomic E-state index is 0.0251. The molecule has 0 aromatic heterocycles. The predicted octanol–water partition coefficient (Wildman–Crippen LogP) is 5.14. The molecule has 1 aliphatic carbocycles. The molecule has 1 saturated carbocycles. The number of hydrogen-bond acceptors (Lipinski definition) is 3. The maximum Gasteiger partial charge on any atom is 0.269 e. The lowest BCUT2D eigenvalue weighted by molar-refractivity contribution is -0.384. The molecule has 2 unspecified atom stereocenters. The van der Waals surface area contributed by atoms with E-state index in [4.69, 9.17) is 0 Å². The number of hydrogen-bond donors (Lipinski definition) is 1. The third kappa shape index (κ3) is 3.87. The van der Waals surface area contributed by atoms with Crippen LogP contribution in [0.3, 0.4) is 0 Å². The summed E-state index contributed by atoms with van der Waals surface area (Å²) in [7, 11) is 0. The van der Waals surface area contributed by atoms with Gasteiger partial charge in [-0.3, -0.25) is 14.9 Å². The van der Waals surface area contributed by atoms with Crippen molar-refractivity contribution in [3.05, 3.63) is 69.8 Å². The quantitative estimate of drug-likeness (QED) is 0.606. The number of nitro groups is 1. The lowest BCUT2D eigenvalue weighted by atomic mass is 9.87. The fraction of sp³-hybridized carbons (Fsp3) is 0.350. The van der Waals surface area contributed by atoms with Crippen LogP contribution in [-0.4, -0.2) is 10.8 Å². The van der Waals surface area contributed by atoms with Gasteiger partial charge in [-0.25, -0.2) is 0 Å². The van der Waals surface area contributed by atoms with E-state index >= 15 is 0 Å². The summed E-state index contributed by atoms with van der Waals surface area (Å²) in [5.74, 6) is 1.12. The molecule has 0 aliphatic heterocycles. The van der Waals surface area contributed by atoms with E-state index in [2.05, 4.69) is 24.4 Å². The highest BCUT2D eigenvalue weighted by Crippen LogP contribution is 2.41. The highest BCUT2D eigenvalue weighted by Gasteiger charge is 2.26. The summed E-state index contributed by atoms with van der Waals surface area (Å²) >= 11 is 0. The monoisotopic (exact) mass is 338 g/mol. The third-order valence-electron chi connectivity index (χ3n) is 5.12. The molecule has 3 rings (SSSR count). The molecule has 0 spiro atoms. The highest BCUT2D eigenvalue weighted by atomic mass is 16.6. The maximum absolute atomic E-state index is 12.3. The fourth-order valence-electron chi connectivity index (χ4n) is 3.72. The molecule has 5 heteroatoms. The third-order valence-corrected chi connectivity index (χ3v) is 5.12. The van der Waals surface area contributed by atoms with E-state index in [0.717, 1.165) is 11.6 Å². The number of nitrogens with one attached hydrogen (secondary N) is 1. The van der Waals surface area contributed by atoms with Crippen molar-refractivity contribution in [2.24, 2.45) is 5.92 Å². The van der Waals surface area contributed by atoms with Crippen molar-refractivity contribution in [2.45, 2.75) is 38.5 Å². The first-order chi connectivity index (χ1) is 12.1. The van der Waals surface area contributed by atoms with Crippen LogP contribution in [0, 0.1) is 16.0 Å². The summed E-state index contributed by atoms with van der Waals surface area (Å²) in [4.78, 5) is 22.4. The Morgan fingerprint density at radius 3 is 2.40 bits per heavy atom. The largest absolute Gasteiger partial charge is 0.322 e. The Kier molecular flexibility index (Phi) is 5.12. The van der Waals surface area contributed by atoms with Gasteiger partial charge in [-0.15, -0.1) is 0 Å². The van der Waals surface area contributed by atoms with E-state index in [-0.39, 0.29) is 11.6 Å². The number of anilines is 1. The standard InChI is InChI=1S/C20H22N2O3/c1-2-14-4-3-5-19(14)15-6-10-17(11-7-15)21-20(23)16-8-12-18(13-9-16)22(24)25/h6-14,19H,2-5H2,1H3,(H,21,23). The second-order valence-electron chi connectivity index (χ2n) is 6.59. The van der Waals surface area contributed by atoms with Crippen LogP contribution in [0.5, 0.6) is 0 Å². The highest BCUT2D eigenvalue weighted by molar-refractivity contribution is 6.04. The normalized spacial score (nSPS) is 19.6. The number of nitrogens with zero attached hydrogens (tertiary/aromatic N) is 1. The topological polar surface area (TPSA) is 72.2 Å². The van der Waals surface area contributed by atoms with Crippen molar-refractivity contribution in [1.29, 1.82) is 0 Å². The molecule has 2 aromatic carbocycles. The molecular formula is C20H22N2O3. The fourth-order valence-corrected chi connectivity index (χ4v) is 3.72. The Morgan fingerprint density at radius 1 is 1.12 bits per heavy atom. The molecule has 25 heavy (non-hydrogen) atoms. The molecule has 0 heterocycles. The zero-order valence-electron chi connectivity index (χ0n) is 14.3. The number of amides is 1. The van der Waals surface area contributed by atoms with Gasteiger partial charge in [0.15, 0.2) is 0 Å². The summed E-state index contributed by atoms with van der Waals surface area (Å²) in [6, 6.07) is 13.7. The maximum atomic E-state index is 12.3. The van der Waals surface area contributed by atoms with Crippen LogP contribution in [0.2, 0.25) is 0 Å².